The first-order chi connectivity index (χ1) is 7.41. The Labute approximate surface area is 94.2 Å². The minimum Gasteiger partial charge on any atom is -0.426 e. The van der Waals surface area contributed by atoms with Gasteiger partial charge < -0.3 is 9.47 Å². The maximum atomic E-state index is 10.9. The molecular weight excluding hydrogens is 208 g/mol. The Hall–Kier alpha value is -1.84. The van der Waals surface area contributed by atoms with E-state index in [1.165, 1.54) is 13.8 Å². The lowest BCUT2D eigenvalue weighted by molar-refractivity contribution is -0.132. The Bertz CT molecular complexity index is 435. The summed E-state index contributed by atoms with van der Waals surface area (Å²) in [5, 5.41) is 0. The van der Waals surface area contributed by atoms with E-state index in [0.717, 1.165) is 5.56 Å². The van der Waals surface area contributed by atoms with Crippen molar-refractivity contribution in [2.75, 3.05) is 0 Å². The monoisotopic (exact) mass is 222 g/mol. The molecular formula is C12H14O4. The van der Waals surface area contributed by atoms with Crippen molar-refractivity contribution in [3.63, 3.8) is 0 Å². The molecule has 0 amide bonds. The van der Waals surface area contributed by atoms with Gasteiger partial charge in [-0.25, -0.2) is 0 Å². The number of hydrogen-bond donors (Lipinski definition) is 0. The van der Waals surface area contributed by atoms with Crippen molar-refractivity contribution in [2.45, 2.75) is 27.7 Å². The number of rotatable bonds is 2. The maximum Gasteiger partial charge on any atom is 0.308 e. The van der Waals surface area contributed by atoms with Gasteiger partial charge in [-0.15, -0.1) is 0 Å². The molecule has 0 aliphatic carbocycles. The number of carbonyl (C=O) groups excluding carboxylic acids is 2. The molecule has 4 heteroatoms. The molecule has 16 heavy (non-hydrogen) atoms. The second kappa shape index (κ2) is 4.79. The summed E-state index contributed by atoms with van der Waals surface area (Å²) in [4.78, 5) is 21.8. The highest BCUT2D eigenvalue weighted by atomic mass is 16.5. The fourth-order valence-corrected chi connectivity index (χ4v) is 1.38. The van der Waals surface area contributed by atoms with Crippen molar-refractivity contribution in [3.05, 3.63) is 23.3 Å². The Morgan fingerprint density at radius 2 is 1.56 bits per heavy atom. The molecule has 0 fully saturated rings. The predicted octanol–water partition coefficient (Wildman–Crippen LogP) is 2.15. The van der Waals surface area contributed by atoms with Gasteiger partial charge in [0.25, 0.3) is 0 Å². The minimum atomic E-state index is -0.402. The standard InChI is InChI=1S/C12H14O4/c1-7-5-6-11(15-9(3)13)8(2)12(7)16-10(4)14/h5-6H,1-4H3. The summed E-state index contributed by atoms with van der Waals surface area (Å²) in [6, 6.07) is 3.42. The Morgan fingerprint density at radius 3 is 2.06 bits per heavy atom. The van der Waals surface area contributed by atoms with Crippen molar-refractivity contribution in [1.29, 1.82) is 0 Å². The number of benzene rings is 1. The van der Waals surface area contributed by atoms with Gasteiger partial charge in [0.05, 0.1) is 0 Å². The molecule has 1 aromatic rings. The molecule has 4 nitrogen and oxygen atoms in total. The number of hydrogen-bond acceptors (Lipinski definition) is 4. The van der Waals surface area contributed by atoms with Crippen molar-refractivity contribution < 1.29 is 19.1 Å². The zero-order valence-corrected chi connectivity index (χ0v) is 9.79. The number of carbonyl (C=O) groups is 2. The van der Waals surface area contributed by atoms with E-state index >= 15 is 0 Å². The predicted molar refractivity (Wildman–Crippen MR) is 58.5 cm³/mol. The molecule has 1 rings (SSSR count). The van der Waals surface area contributed by atoms with Crippen molar-refractivity contribution in [1.82, 2.24) is 0 Å². The van der Waals surface area contributed by atoms with Crippen molar-refractivity contribution in [2.24, 2.45) is 0 Å². The van der Waals surface area contributed by atoms with Crippen LogP contribution in [0.3, 0.4) is 0 Å². The number of aryl methyl sites for hydroxylation is 1. The molecule has 0 aliphatic rings. The first kappa shape index (κ1) is 12.2. The molecule has 0 heterocycles. The van der Waals surface area contributed by atoms with E-state index in [0.29, 0.717) is 17.1 Å². The fourth-order valence-electron chi connectivity index (χ4n) is 1.38. The van der Waals surface area contributed by atoms with Gasteiger partial charge >= 0.3 is 11.9 Å². The van der Waals surface area contributed by atoms with Crippen LogP contribution in [0.25, 0.3) is 0 Å². The van der Waals surface area contributed by atoms with Gasteiger partial charge in [-0.05, 0) is 25.5 Å². The van der Waals surface area contributed by atoms with Crippen LogP contribution < -0.4 is 9.47 Å². The molecule has 0 bridgehead atoms. The number of ether oxygens (including phenoxy) is 2. The average molecular weight is 222 g/mol. The van der Waals surface area contributed by atoms with Gasteiger partial charge in [-0.2, -0.15) is 0 Å². The molecule has 0 spiro atoms. The largest absolute Gasteiger partial charge is 0.426 e. The van der Waals surface area contributed by atoms with Crippen LogP contribution >= 0.6 is 0 Å². The van der Waals surface area contributed by atoms with Gasteiger partial charge in [-0.1, -0.05) is 6.07 Å². The van der Waals surface area contributed by atoms with E-state index < -0.39 is 11.9 Å². The van der Waals surface area contributed by atoms with E-state index in [9.17, 15) is 9.59 Å². The molecule has 0 aliphatic heterocycles. The normalized spacial score (nSPS) is 9.75. The first-order valence-corrected chi connectivity index (χ1v) is 4.89. The van der Waals surface area contributed by atoms with Crippen LogP contribution in [0.5, 0.6) is 11.5 Å². The van der Waals surface area contributed by atoms with Gasteiger partial charge in [0, 0.05) is 19.4 Å². The average Bonchev–Trinajstić information content (AvgIpc) is 2.16. The zero-order chi connectivity index (χ0) is 12.3. The zero-order valence-electron chi connectivity index (χ0n) is 9.79. The highest BCUT2D eigenvalue weighted by Crippen LogP contribution is 2.31. The summed E-state index contributed by atoms with van der Waals surface area (Å²) < 4.78 is 10.1. The Morgan fingerprint density at radius 1 is 1.00 bits per heavy atom. The van der Waals surface area contributed by atoms with Crippen molar-refractivity contribution in [3.8, 4) is 11.5 Å². The van der Waals surface area contributed by atoms with Gasteiger partial charge in [0.2, 0.25) is 0 Å². The Balaban J connectivity index is 3.15. The molecule has 0 atom stereocenters. The lowest BCUT2D eigenvalue weighted by Crippen LogP contribution is -2.07. The van der Waals surface area contributed by atoms with E-state index in [1.807, 2.05) is 6.92 Å². The summed E-state index contributed by atoms with van der Waals surface area (Å²) in [5.74, 6) is 0.0625. The molecule has 0 saturated heterocycles. The third kappa shape index (κ3) is 2.82. The van der Waals surface area contributed by atoms with Gasteiger partial charge in [-0.3, -0.25) is 9.59 Å². The second-order valence-corrected chi connectivity index (χ2v) is 3.52. The molecule has 0 unspecified atom stereocenters. The first-order valence-electron chi connectivity index (χ1n) is 4.89. The summed E-state index contributed by atoms with van der Waals surface area (Å²) in [7, 11) is 0. The number of esters is 2. The van der Waals surface area contributed by atoms with Crippen LogP contribution in [0.1, 0.15) is 25.0 Å². The molecule has 86 valence electrons. The van der Waals surface area contributed by atoms with Crippen LogP contribution in [0, 0.1) is 13.8 Å². The minimum absolute atomic E-state index is 0.397. The summed E-state index contributed by atoms with van der Waals surface area (Å²) >= 11 is 0. The SMILES string of the molecule is CC(=O)Oc1ccc(C)c(OC(C)=O)c1C. The van der Waals surface area contributed by atoms with Crippen LogP contribution in [-0.2, 0) is 9.59 Å². The summed E-state index contributed by atoms with van der Waals surface area (Å²) in [6.45, 7) is 6.22. The highest BCUT2D eigenvalue weighted by Gasteiger charge is 2.12. The maximum absolute atomic E-state index is 10.9. The van der Waals surface area contributed by atoms with Crippen LogP contribution in [-0.4, -0.2) is 11.9 Å². The van der Waals surface area contributed by atoms with Crippen LogP contribution in [0.15, 0.2) is 12.1 Å². The summed E-state index contributed by atoms with van der Waals surface area (Å²) in [5.41, 5.74) is 1.47. The van der Waals surface area contributed by atoms with Gasteiger partial charge in [0.15, 0.2) is 0 Å². The fraction of sp³-hybridized carbons (Fsp3) is 0.333. The van der Waals surface area contributed by atoms with Crippen molar-refractivity contribution >= 4 is 11.9 Å². The van der Waals surface area contributed by atoms with E-state index in [4.69, 9.17) is 9.47 Å². The van der Waals surface area contributed by atoms with E-state index in [2.05, 4.69) is 0 Å². The highest BCUT2D eigenvalue weighted by molar-refractivity contribution is 5.73. The van der Waals surface area contributed by atoms with Gasteiger partial charge in [0.1, 0.15) is 11.5 Å². The van der Waals surface area contributed by atoms with Crippen LogP contribution in [0.2, 0.25) is 0 Å². The Kier molecular flexibility index (Phi) is 3.66. The molecule has 0 radical (unpaired) electrons. The summed E-state index contributed by atoms with van der Waals surface area (Å²) in [6.07, 6.45) is 0. The van der Waals surface area contributed by atoms with E-state index in [-0.39, 0.29) is 0 Å². The van der Waals surface area contributed by atoms with Crippen LogP contribution in [0.4, 0.5) is 0 Å². The third-order valence-electron chi connectivity index (χ3n) is 2.05. The topological polar surface area (TPSA) is 52.6 Å². The molecule has 0 saturated carbocycles. The lowest BCUT2D eigenvalue weighted by Gasteiger charge is -2.12. The van der Waals surface area contributed by atoms with E-state index in [1.54, 1.807) is 19.1 Å². The lowest BCUT2D eigenvalue weighted by atomic mass is 10.1. The molecule has 1 aromatic carbocycles. The molecule has 0 aromatic heterocycles. The molecule has 0 N–H and O–H groups in total. The second-order valence-electron chi connectivity index (χ2n) is 3.52. The third-order valence-corrected chi connectivity index (χ3v) is 2.05. The smallest absolute Gasteiger partial charge is 0.308 e. The quantitative estimate of drug-likeness (QED) is 0.568.